The number of halogens is 1. The van der Waals surface area contributed by atoms with Crippen LogP contribution in [0, 0.1) is 0 Å². The van der Waals surface area contributed by atoms with E-state index in [2.05, 4.69) is 19.8 Å². The molecule has 1 aromatic carbocycles. The van der Waals surface area contributed by atoms with Crippen LogP contribution in [-0.4, -0.2) is 51.2 Å². The Labute approximate surface area is 179 Å². The molecule has 0 N–H and O–H groups in total. The van der Waals surface area contributed by atoms with Gasteiger partial charge in [0.25, 0.3) is 0 Å². The van der Waals surface area contributed by atoms with Gasteiger partial charge in [0.1, 0.15) is 0 Å². The third-order valence-corrected chi connectivity index (χ3v) is 5.80. The Morgan fingerprint density at radius 1 is 1.07 bits per heavy atom. The van der Waals surface area contributed by atoms with Gasteiger partial charge >= 0.3 is 11.1 Å². The monoisotopic (exact) mass is 428 g/mol. The maximum Gasteiger partial charge on any atom is 0.317 e. The summed E-state index contributed by atoms with van der Waals surface area (Å²) in [5, 5.41) is 0.540. The summed E-state index contributed by atoms with van der Waals surface area (Å²) in [7, 11) is 5.63. The molecular weight excluding hydrogens is 404 g/mol. The Kier molecular flexibility index (Phi) is 5.62. The van der Waals surface area contributed by atoms with E-state index in [4.69, 9.17) is 11.6 Å². The largest absolute Gasteiger partial charge is 0.341 e. The second-order valence-electron chi connectivity index (χ2n) is 8.02. The van der Waals surface area contributed by atoms with Gasteiger partial charge in [0, 0.05) is 55.7 Å². The van der Waals surface area contributed by atoms with Crippen LogP contribution in [0.25, 0.3) is 11.0 Å². The van der Waals surface area contributed by atoms with Gasteiger partial charge < -0.3 is 14.4 Å². The topological polar surface area (TPSA) is 76.3 Å². The van der Waals surface area contributed by atoms with E-state index in [-0.39, 0.29) is 6.04 Å². The number of benzene rings is 1. The minimum absolute atomic E-state index is 0.0726. The third kappa shape index (κ3) is 3.85. The summed E-state index contributed by atoms with van der Waals surface area (Å²) < 4.78 is 3.02. The van der Waals surface area contributed by atoms with Gasteiger partial charge in [-0.25, -0.2) is 9.97 Å². The number of hydrogen-bond acceptors (Lipinski definition) is 6. The van der Waals surface area contributed by atoms with Gasteiger partial charge in [0.2, 0.25) is 5.95 Å². The van der Waals surface area contributed by atoms with E-state index in [0.29, 0.717) is 35.1 Å². The van der Waals surface area contributed by atoms with Crippen molar-refractivity contribution in [3.63, 3.8) is 0 Å². The van der Waals surface area contributed by atoms with Crippen molar-refractivity contribution in [3.05, 3.63) is 61.9 Å². The molecule has 1 aliphatic heterocycles. The van der Waals surface area contributed by atoms with E-state index >= 15 is 0 Å². The molecule has 3 heterocycles. The predicted molar refractivity (Wildman–Crippen MR) is 118 cm³/mol. The first-order chi connectivity index (χ1) is 14.3. The number of anilines is 1. The number of aryl methyl sites for hydroxylation is 1. The quantitative estimate of drug-likeness (QED) is 0.592. The molecule has 3 aromatic rings. The van der Waals surface area contributed by atoms with E-state index in [9.17, 15) is 9.59 Å². The van der Waals surface area contributed by atoms with Gasteiger partial charge in [-0.1, -0.05) is 11.6 Å². The molecule has 0 bridgehead atoms. The zero-order valence-corrected chi connectivity index (χ0v) is 18.1. The van der Waals surface area contributed by atoms with Gasteiger partial charge in [-0.05, 0) is 45.1 Å². The Bertz CT molecular complexity index is 1180. The van der Waals surface area contributed by atoms with Crippen LogP contribution in [0.1, 0.15) is 24.4 Å². The normalized spacial score (nSPS) is 15.3. The lowest BCUT2D eigenvalue weighted by Crippen LogP contribution is -2.45. The van der Waals surface area contributed by atoms with E-state index < -0.39 is 11.1 Å². The summed E-state index contributed by atoms with van der Waals surface area (Å²) >= 11 is 6.19. The molecular formula is C21H25ClN6O2. The van der Waals surface area contributed by atoms with Gasteiger partial charge in [-0.2, -0.15) is 0 Å². The second kappa shape index (κ2) is 8.20. The van der Waals surface area contributed by atoms with Crippen LogP contribution in [0.3, 0.4) is 0 Å². The van der Waals surface area contributed by atoms with Crippen molar-refractivity contribution in [3.8, 4) is 0 Å². The SMILES string of the molecule is CN(C)Cc1cnc(N2CCC(n3c(=O)c(=O)n(C)c4ccc(Cl)cc43)CC2)nc1. The molecule has 0 saturated carbocycles. The smallest absolute Gasteiger partial charge is 0.317 e. The average molecular weight is 429 g/mol. The molecule has 0 amide bonds. The lowest BCUT2D eigenvalue weighted by molar-refractivity contribution is 0.390. The fourth-order valence-electron chi connectivity index (χ4n) is 4.08. The molecule has 4 rings (SSSR count). The van der Waals surface area contributed by atoms with Crippen LogP contribution in [0.4, 0.5) is 5.95 Å². The summed E-state index contributed by atoms with van der Waals surface area (Å²) in [5.74, 6) is 0.695. The summed E-state index contributed by atoms with van der Waals surface area (Å²) in [6.45, 7) is 2.21. The first-order valence-corrected chi connectivity index (χ1v) is 10.3. The zero-order chi connectivity index (χ0) is 21.4. The van der Waals surface area contributed by atoms with Crippen LogP contribution >= 0.6 is 11.6 Å². The first kappa shape index (κ1) is 20.6. The van der Waals surface area contributed by atoms with E-state index in [0.717, 1.165) is 24.9 Å². The fraction of sp³-hybridized carbons (Fsp3) is 0.429. The molecule has 0 atom stereocenters. The van der Waals surface area contributed by atoms with Crippen molar-refractivity contribution < 1.29 is 0 Å². The number of nitrogens with zero attached hydrogens (tertiary/aromatic N) is 6. The molecule has 1 aliphatic rings. The van der Waals surface area contributed by atoms with Crippen LogP contribution < -0.4 is 16.0 Å². The van der Waals surface area contributed by atoms with E-state index in [1.54, 1.807) is 29.8 Å². The van der Waals surface area contributed by atoms with Gasteiger partial charge in [-0.3, -0.25) is 14.2 Å². The molecule has 9 heteroatoms. The molecule has 0 spiro atoms. The average Bonchev–Trinajstić information content (AvgIpc) is 2.73. The van der Waals surface area contributed by atoms with E-state index in [1.165, 1.54) is 4.57 Å². The van der Waals surface area contributed by atoms with Crippen LogP contribution in [0.5, 0.6) is 0 Å². The Morgan fingerprint density at radius 2 is 1.73 bits per heavy atom. The molecule has 158 valence electrons. The number of piperidine rings is 1. The molecule has 1 saturated heterocycles. The maximum atomic E-state index is 12.8. The van der Waals surface area contributed by atoms with Crippen molar-refractivity contribution in [1.82, 2.24) is 24.0 Å². The second-order valence-corrected chi connectivity index (χ2v) is 8.46. The summed E-state index contributed by atoms with van der Waals surface area (Å²) in [6.07, 6.45) is 5.15. The predicted octanol–water partition coefficient (Wildman–Crippen LogP) is 2.05. The molecule has 0 aliphatic carbocycles. The number of aromatic nitrogens is 4. The number of fused-ring (bicyclic) bond motifs is 1. The lowest BCUT2D eigenvalue weighted by Gasteiger charge is -2.33. The molecule has 1 fully saturated rings. The highest BCUT2D eigenvalue weighted by molar-refractivity contribution is 6.31. The standard InChI is InChI=1S/C21H25ClN6O2/c1-25(2)13-14-11-23-21(24-12-14)27-8-6-16(7-9-27)28-18-10-15(22)4-5-17(18)26(3)19(29)20(28)30/h4-5,10-12,16H,6-9,13H2,1-3H3. The van der Waals surface area contributed by atoms with E-state index in [1.807, 2.05) is 26.5 Å². The maximum absolute atomic E-state index is 12.8. The molecule has 2 aromatic heterocycles. The first-order valence-electron chi connectivity index (χ1n) is 9.96. The summed E-state index contributed by atoms with van der Waals surface area (Å²) in [4.78, 5) is 38.5. The van der Waals surface area contributed by atoms with Gasteiger partial charge in [0.15, 0.2) is 0 Å². The van der Waals surface area contributed by atoms with Crippen LogP contribution in [0.15, 0.2) is 40.2 Å². The highest BCUT2D eigenvalue weighted by Gasteiger charge is 2.25. The fourth-order valence-corrected chi connectivity index (χ4v) is 4.25. The molecule has 30 heavy (non-hydrogen) atoms. The minimum atomic E-state index is -0.521. The van der Waals surface area contributed by atoms with Gasteiger partial charge in [0.05, 0.1) is 11.0 Å². The third-order valence-electron chi connectivity index (χ3n) is 5.57. The molecule has 0 unspecified atom stereocenters. The highest BCUT2D eigenvalue weighted by atomic mass is 35.5. The van der Waals surface area contributed by atoms with Crippen molar-refractivity contribution in [2.45, 2.75) is 25.4 Å². The van der Waals surface area contributed by atoms with Crippen molar-refractivity contribution >= 4 is 28.6 Å². The Hall–Kier alpha value is -2.71. The zero-order valence-electron chi connectivity index (χ0n) is 17.4. The van der Waals surface area contributed by atoms with Crippen molar-refractivity contribution in [2.75, 3.05) is 32.1 Å². The number of hydrogen-bond donors (Lipinski definition) is 0. The summed E-state index contributed by atoms with van der Waals surface area (Å²) in [6, 6.07) is 5.21. The Morgan fingerprint density at radius 3 is 2.37 bits per heavy atom. The Balaban J connectivity index is 1.59. The van der Waals surface area contributed by atoms with Crippen molar-refractivity contribution in [1.29, 1.82) is 0 Å². The molecule has 8 nitrogen and oxygen atoms in total. The minimum Gasteiger partial charge on any atom is -0.341 e. The van der Waals surface area contributed by atoms with Crippen molar-refractivity contribution in [2.24, 2.45) is 7.05 Å². The highest BCUT2D eigenvalue weighted by Crippen LogP contribution is 2.27. The van der Waals surface area contributed by atoms with Gasteiger partial charge in [-0.15, -0.1) is 0 Å². The molecule has 0 radical (unpaired) electrons. The lowest BCUT2D eigenvalue weighted by atomic mass is 10.0. The van der Waals surface area contributed by atoms with Crippen LogP contribution in [-0.2, 0) is 13.6 Å². The summed E-state index contributed by atoms with van der Waals surface area (Å²) in [5.41, 5.74) is 1.43. The number of rotatable bonds is 4. The van der Waals surface area contributed by atoms with Crippen LogP contribution in [0.2, 0.25) is 5.02 Å².